The highest BCUT2D eigenvalue weighted by Gasteiger charge is 2.08. The Kier molecular flexibility index (Phi) is 4.49. The Morgan fingerprint density at radius 2 is 2.13 bits per heavy atom. The molecule has 1 rings (SSSR count). The van der Waals surface area contributed by atoms with Gasteiger partial charge < -0.3 is 4.74 Å². The van der Waals surface area contributed by atoms with Gasteiger partial charge in [-0.1, -0.05) is 0 Å². The van der Waals surface area contributed by atoms with Crippen molar-refractivity contribution in [2.75, 3.05) is 7.11 Å². The molecule has 0 unspecified atom stereocenters. The van der Waals surface area contributed by atoms with Gasteiger partial charge in [0.1, 0.15) is 5.78 Å². The van der Waals surface area contributed by atoms with Crippen molar-refractivity contribution in [3.8, 4) is 0 Å². The van der Waals surface area contributed by atoms with E-state index in [1.165, 1.54) is 12.0 Å². The Hall–Kier alpha value is -1.16. The fourth-order valence-corrected chi connectivity index (χ4v) is 1.96. The molecular weight excluding hydrogens is 212 g/mol. The van der Waals surface area contributed by atoms with Crippen LogP contribution >= 0.6 is 11.3 Å². The number of hydrogen-bond acceptors (Lipinski definition) is 4. The first-order chi connectivity index (χ1) is 7.11. The van der Waals surface area contributed by atoms with E-state index in [9.17, 15) is 9.59 Å². The zero-order valence-electron chi connectivity index (χ0n) is 8.91. The van der Waals surface area contributed by atoms with E-state index in [2.05, 4.69) is 4.74 Å². The minimum absolute atomic E-state index is 0.0817. The third-order valence-corrected chi connectivity index (χ3v) is 2.93. The van der Waals surface area contributed by atoms with Crippen molar-refractivity contribution in [3.63, 3.8) is 0 Å². The van der Waals surface area contributed by atoms with E-state index >= 15 is 0 Å². The monoisotopic (exact) mass is 226 g/mol. The van der Waals surface area contributed by atoms with Gasteiger partial charge in [0.2, 0.25) is 0 Å². The van der Waals surface area contributed by atoms with Crippen LogP contribution in [0.3, 0.4) is 0 Å². The van der Waals surface area contributed by atoms with E-state index in [0.717, 1.165) is 5.56 Å². The molecule has 0 fully saturated rings. The topological polar surface area (TPSA) is 43.4 Å². The van der Waals surface area contributed by atoms with E-state index in [1.54, 1.807) is 11.3 Å². The lowest BCUT2D eigenvalue weighted by molar-refractivity contribution is -0.141. The van der Waals surface area contributed by atoms with Crippen LogP contribution in [-0.4, -0.2) is 18.9 Å². The van der Waals surface area contributed by atoms with Gasteiger partial charge in [-0.3, -0.25) is 9.59 Å². The number of Topliss-reactive ketones (excluding diaryl/α,β-unsaturated/α-hetero) is 1. The van der Waals surface area contributed by atoms with E-state index in [1.807, 2.05) is 18.4 Å². The van der Waals surface area contributed by atoms with Crippen LogP contribution < -0.4 is 0 Å². The first-order valence-corrected chi connectivity index (χ1v) is 5.62. The van der Waals surface area contributed by atoms with Crippen LogP contribution in [0.25, 0.3) is 0 Å². The first-order valence-electron chi connectivity index (χ1n) is 4.74. The molecule has 0 aromatic carbocycles. The number of carbonyl (C=O) groups excluding carboxylic acids is 2. The van der Waals surface area contributed by atoms with Gasteiger partial charge in [-0.15, -0.1) is 11.3 Å². The van der Waals surface area contributed by atoms with Gasteiger partial charge in [-0.05, 0) is 23.9 Å². The zero-order chi connectivity index (χ0) is 11.3. The van der Waals surface area contributed by atoms with Crippen molar-refractivity contribution in [2.24, 2.45) is 0 Å². The van der Waals surface area contributed by atoms with Gasteiger partial charge in [-0.2, -0.15) is 0 Å². The molecule has 0 spiro atoms. The number of esters is 1. The van der Waals surface area contributed by atoms with Crippen LogP contribution in [0, 0.1) is 6.92 Å². The summed E-state index contributed by atoms with van der Waals surface area (Å²) in [7, 11) is 1.33. The minimum atomic E-state index is -0.329. The number of methoxy groups -OCH3 is 1. The van der Waals surface area contributed by atoms with Crippen molar-refractivity contribution in [2.45, 2.75) is 26.2 Å². The van der Waals surface area contributed by atoms with E-state index < -0.39 is 0 Å². The Balaban J connectivity index is 2.33. The Morgan fingerprint density at radius 3 is 2.67 bits per heavy atom. The number of carbonyl (C=O) groups is 2. The first kappa shape index (κ1) is 11.9. The molecule has 0 bridgehead atoms. The molecule has 0 aliphatic heterocycles. The molecule has 0 amide bonds. The third kappa shape index (κ3) is 4.25. The molecule has 3 nitrogen and oxygen atoms in total. The second-order valence-corrected chi connectivity index (χ2v) is 4.47. The zero-order valence-corrected chi connectivity index (χ0v) is 9.73. The number of aryl methyl sites for hydroxylation is 1. The molecule has 0 atom stereocenters. The van der Waals surface area contributed by atoms with Gasteiger partial charge in [0.25, 0.3) is 0 Å². The molecular formula is C11H14O3S. The summed E-state index contributed by atoms with van der Waals surface area (Å²) < 4.78 is 4.47. The van der Waals surface area contributed by atoms with E-state index in [-0.39, 0.29) is 24.6 Å². The van der Waals surface area contributed by atoms with Crippen molar-refractivity contribution in [1.82, 2.24) is 0 Å². The molecule has 0 radical (unpaired) electrons. The van der Waals surface area contributed by atoms with Crippen molar-refractivity contribution in [1.29, 1.82) is 0 Å². The molecule has 82 valence electrons. The molecule has 1 aromatic heterocycles. The number of ketones is 1. The number of thiophene rings is 1. The summed E-state index contributed by atoms with van der Waals surface area (Å²) in [5.41, 5.74) is 1.03. The summed E-state index contributed by atoms with van der Waals surface area (Å²) in [6.07, 6.45) is 0.862. The molecule has 0 aliphatic carbocycles. The Labute approximate surface area is 93.1 Å². The maximum absolute atomic E-state index is 11.4. The lowest BCUT2D eigenvalue weighted by Gasteiger charge is -1.98. The van der Waals surface area contributed by atoms with Crippen molar-refractivity contribution in [3.05, 3.63) is 21.9 Å². The summed E-state index contributed by atoms with van der Waals surface area (Å²) in [5, 5.41) is 1.98. The second kappa shape index (κ2) is 5.66. The lowest BCUT2D eigenvalue weighted by atomic mass is 10.1. The minimum Gasteiger partial charge on any atom is -0.469 e. The maximum Gasteiger partial charge on any atom is 0.305 e. The maximum atomic E-state index is 11.4. The number of ether oxygens (including phenoxy) is 1. The summed E-state index contributed by atoms with van der Waals surface area (Å²) in [6, 6.07) is 2.00. The predicted molar refractivity (Wildman–Crippen MR) is 59.0 cm³/mol. The van der Waals surface area contributed by atoms with E-state index in [0.29, 0.717) is 6.42 Å². The third-order valence-electron chi connectivity index (χ3n) is 2.02. The fraction of sp³-hybridized carbons (Fsp3) is 0.455. The Morgan fingerprint density at radius 1 is 1.40 bits per heavy atom. The highest BCUT2D eigenvalue weighted by atomic mass is 32.1. The van der Waals surface area contributed by atoms with Crippen LogP contribution in [0.15, 0.2) is 11.4 Å². The molecule has 0 saturated carbocycles. The summed E-state index contributed by atoms with van der Waals surface area (Å²) in [4.78, 5) is 23.4. The predicted octanol–water partition coefficient (Wildman–Crippen LogP) is 2.12. The van der Waals surface area contributed by atoms with Crippen molar-refractivity contribution < 1.29 is 14.3 Å². The van der Waals surface area contributed by atoms with Crippen LogP contribution in [0.5, 0.6) is 0 Å². The average Bonchev–Trinajstić information content (AvgIpc) is 2.60. The molecule has 0 saturated heterocycles. The molecule has 15 heavy (non-hydrogen) atoms. The number of rotatable bonds is 5. The van der Waals surface area contributed by atoms with Gasteiger partial charge in [0, 0.05) is 17.7 Å². The summed E-state index contributed by atoms with van der Waals surface area (Å²) in [5.74, 6) is -0.247. The quantitative estimate of drug-likeness (QED) is 0.722. The van der Waals surface area contributed by atoms with Crippen LogP contribution in [0.1, 0.15) is 23.3 Å². The van der Waals surface area contributed by atoms with Crippen molar-refractivity contribution >= 4 is 23.1 Å². The Bertz CT molecular complexity index is 354. The van der Waals surface area contributed by atoms with Gasteiger partial charge in [0.15, 0.2) is 0 Å². The highest BCUT2D eigenvalue weighted by Crippen LogP contribution is 2.14. The summed E-state index contributed by atoms with van der Waals surface area (Å²) in [6.45, 7) is 2.01. The SMILES string of the molecule is COC(=O)CCC(=O)Cc1csc(C)c1. The summed E-state index contributed by atoms with van der Waals surface area (Å²) >= 11 is 1.63. The highest BCUT2D eigenvalue weighted by molar-refractivity contribution is 7.10. The fourth-order valence-electron chi connectivity index (χ4n) is 1.25. The molecule has 0 aliphatic rings. The van der Waals surface area contributed by atoms with Gasteiger partial charge in [-0.25, -0.2) is 0 Å². The standard InChI is InChI=1S/C11H14O3S/c1-8-5-9(7-15-8)6-10(12)3-4-11(13)14-2/h5,7H,3-4,6H2,1-2H3. The smallest absolute Gasteiger partial charge is 0.305 e. The molecule has 0 N–H and O–H groups in total. The molecule has 1 aromatic rings. The average molecular weight is 226 g/mol. The molecule has 4 heteroatoms. The lowest BCUT2D eigenvalue weighted by Crippen LogP contribution is -2.07. The number of hydrogen-bond donors (Lipinski definition) is 0. The van der Waals surface area contributed by atoms with Crippen LogP contribution in [-0.2, 0) is 20.7 Å². The normalized spacial score (nSPS) is 10.0. The molecule has 1 heterocycles. The van der Waals surface area contributed by atoms with Crippen LogP contribution in [0.2, 0.25) is 0 Å². The largest absolute Gasteiger partial charge is 0.469 e. The van der Waals surface area contributed by atoms with Gasteiger partial charge >= 0.3 is 5.97 Å². The second-order valence-electron chi connectivity index (χ2n) is 3.36. The van der Waals surface area contributed by atoms with Crippen LogP contribution in [0.4, 0.5) is 0 Å². The van der Waals surface area contributed by atoms with E-state index in [4.69, 9.17) is 0 Å². The van der Waals surface area contributed by atoms with Gasteiger partial charge in [0.05, 0.1) is 13.5 Å².